The zero-order chi connectivity index (χ0) is 15.2. The van der Waals surface area contributed by atoms with Crippen molar-refractivity contribution in [1.82, 2.24) is 5.32 Å². The number of amides is 1. The molecule has 0 fully saturated rings. The lowest BCUT2D eigenvalue weighted by Crippen LogP contribution is -2.26. The van der Waals surface area contributed by atoms with E-state index >= 15 is 0 Å². The third kappa shape index (κ3) is 4.05. The van der Waals surface area contributed by atoms with Crippen LogP contribution < -0.4 is 10.1 Å². The van der Waals surface area contributed by atoms with Crippen molar-refractivity contribution < 1.29 is 13.9 Å². The first kappa shape index (κ1) is 15.0. The lowest BCUT2D eigenvalue weighted by Gasteiger charge is -2.15. The first-order valence-corrected chi connectivity index (χ1v) is 6.89. The second kappa shape index (κ2) is 6.88. The summed E-state index contributed by atoms with van der Waals surface area (Å²) in [6.07, 6.45) is 0. The zero-order valence-corrected chi connectivity index (χ0v) is 12.1. The van der Waals surface area contributed by atoms with E-state index < -0.39 is 0 Å². The highest BCUT2D eigenvalue weighted by molar-refractivity contribution is 5.94. The predicted molar refractivity (Wildman–Crippen MR) is 79.9 cm³/mol. The van der Waals surface area contributed by atoms with Crippen molar-refractivity contribution in [2.75, 3.05) is 6.61 Å². The minimum atomic E-state index is -0.355. The summed E-state index contributed by atoms with van der Waals surface area (Å²) >= 11 is 0. The molecule has 0 unspecified atom stereocenters. The first-order chi connectivity index (χ1) is 10.1. The molecule has 1 N–H and O–H groups in total. The molecule has 0 heterocycles. The van der Waals surface area contributed by atoms with E-state index in [1.165, 1.54) is 24.3 Å². The molecule has 2 aromatic rings. The summed E-state index contributed by atoms with van der Waals surface area (Å²) in [5.74, 6) is 0.223. The van der Waals surface area contributed by atoms with E-state index in [0.717, 1.165) is 11.3 Å². The Hall–Kier alpha value is -2.36. The number of hydrogen-bond donors (Lipinski definition) is 1. The number of carbonyl (C=O) groups is 1. The lowest BCUT2D eigenvalue weighted by molar-refractivity contribution is 0.0940. The average Bonchev–Trinajstić information content (AvgIpc) is 2.49. The number of benzene rings is 2. The van der Waals surface area contributed by atoms with Gasteiger partial charge in [-0.15, -0.1) is 0 Å². The Bertz CT molecular complexity index is 593. The van der Waals surface area contributed by atoms with Gasteiger partial charge in [-0.05, 0) is 55.8 Å². The summed E-state index contributed by atoms with van der Waals surface area (Å²) in [6.45, 7) is 4.45. The van der Waals surface area contributed by atoms with E-state index in [-0.39, 0.29) is 17.8 Å². The fraction of sp³-hybridized carbons (Fsp3) is 0.235. The number of ether oxygens (including phenoxy) is 1. The molecule has 0 saturated carbocycles. The molecule has 0 aliphatic rings. The van der Waals surface area contributed by atoms with Crippen molar-refractivity contribution in [3.63, 3.8) is 0 Å². The van der Waals surface area contributed by atoms with Crippen LogP contribution in [0.2, 0.25) is 0 Å². The molecule has 0 aliphatic heterocycles. The van der Waals surface area contributed by atoms with Gasteiger partial charge in [0.05, 0.1) is 12.6 Å². The summed E-state index contributed by atoms with van der Waals surface area (Å²) in [7, 11) is 0. The Kier molecular flexibility index (Phi) is 4.93. The van der Waals surface area contributed by atoms with Gasteiger partial charge in [-0.25, -0.2) is 4.39 Å². The summed E-state index contributed by atoms with van der Waals surface area (Å²) in [5, 5.41) is 2.88. The van der Waals surface area contributed by atoms with Gasteiger partial charge in [0, 0.05) is 5.56 Å². The quantitative estimate of drug-likeness (QED) is 0.910. The fourth-order valence-corrected chi connectivity index (χ4v) is 1.98. The van der Waals surface area contributed by atoms with Gasteiger partial charge in [0.2, 0.25) is 0 Å². The van der Waals surface area contributed by atoms with Crippen LogP contribution in [0.5, 0.6) is 5.75 Å². The molecule has 0 aromatic heterocycles. The molecular weight excluding hydrogens is 269 g/mol. The van der Waals surface area contributed by atoms with Crippen molar-refractivity contribution in [1.29, 1.82) is 0 Å². The predicted octanol–water partition coefficient (Wildman–Crippen LogP) is 3.72. The van der Waals surface area contributed by atoms with Gasteiger partial charge in [-0.1, -0.05) is 12.1 Å². The van der Waals surface area contributed by atoms with Crippen molar-refractivity contribution in [3.05, 3.63) is 65.5 Å². The molecule has 2 aromatic carbocycles. The molecule has 0 radical (unpaired) electrons. The minimum absolute atomic E-state index is 0.141. The molecule has 0 aliphatic carbocycles. The Labute approximate surface area is 123 Å². The van der Waals surface area contributed by atoms with Crippen molar-refractivity contribution in [3.8, 4) is 5.75 Å². The van der Waals surface area contributed by atoms with Crippen LogP contribution in [0, 0.1) is 5.82 Å². The molecule has 110 valence electrons. The van der Waals surface area contributed by atoms with Gasteiger partial charge in [-0.2, -0.15) is 0 Å². The van der Waals surface area contributed by atoms with Crippen molar-refractivity contribution in [2.45, 2.75) is 19.9 Å². The largest absolute Gasteiger partial charge is 0.494 e. The van der Waals surface area contributed by atoms with Gasteiger partial charge >= 0.3 is 0 Å². The number of halogens is 1. The molecule has 1 amide bonds. The van der Waals surface area contributed by atoms with E-state index in [4.69, 9.17) is 4.74 Å². The third-order valence-corrected chi connectivity index (χ3v) is 3.15. The highest BCUT2D eigenvalue weighted by Crippen LogP contribution is 2.18. The van der Waals surface area contributed by atoms with Gasteiger partial charge in [0.1, 0.15) is 11.6 Å². The van der Waals surface area contributed by atoms with Crippen LogP contribution in [0.3, 0.4) is 0 Å². The van der Waals surface area contributed by atoms with Crippen LogP contribution in [0.15, 0.2) is 48.5 Å². The monoisotopic (exact) mass is 287 g/mol. The number of carbonyl (C=O) groups excluding carboxylic acids is 1. The Morgan fingerprint density at radius 3 is 2.33 bits per heavy atom. The van der Waals surface area contributed by atoms with E-state index in [2.05, 4.69) is 5.32 Å². The maximum absolute atomic E-state index is 12.8. The van der Waals surface area contributed by atoms with Crippen LogP contribution in [0.4, 0.5) is 4.39 Å². The normalized spacial score (nSPS) is 11.8. The van der Waals surface area contributed by atoms with E-state index in [1.807, 2.05) is 38.1 Å². The van der Waals surface area contributed by atoms with Gasteiger partial charge in [0.25, 0.3) is 5.91 Å². The number of rotatable bonds is 5. The molecule has 4 heteroatoms. The Morgan fingerprint density at radius 2 is 1.76 bits per heavy atom. The third-order valence-electron chi connectivity index (χ3n) is 3.15. The van der Waals surface area contributed by atoms with Crippen LogP contribution in [0.25, 0.3) is 0 Å². The Morgan fingerprint density at radius 1 is 1.14 bits per heavy atom. The first-order valence-electron chi connectivity index (χ1n) is 6.89. The minimum Gasteiger partial charge on any atom is -0.494 e. The molecule has 21 heavy (non-hydrogen) atoms. The second-order valence-corrected chi connectivity index (χ2v) is 4.70. The molecule has 0 saturated heterocycles. The maximum atomic E-state index is 12.8. The van der Waals surface area contributed by atoms with Crippen LogP contribution in [0.1, 0.15) is 35.8 Å². The van der Waals surface area contributed by atoms with E-state index in [1.54, 1.807) is 0 Å². The molecule has 0 bridgehead atoms. The molecular formula is C17H18FNO2. The Balaban J connectivity index is 2.01. The van der Waals surface area contributed by atoms with Crippen molar-refractivity contribution in [2.24, 2.45) is 0 Å². The van der Waals surface area contributed by atoms with E-state index in [9.17, 15) is 9.18 Å². The second-order valence-electron chi connectivity index (χ2n) is 4.70. The summed E-state index contributed by atoms with van der Waals surface area (Å²) < 4.78 is 18.2. The SMILES string of the molecule is CCOc1ccc([C@H](C)NC(=O)c2ccc(F)cc2)cc1. The topological polar surface area (TPSA) is 38.3 Å². The zero-order valence-electron chi connectivity index (χ0n) is 12.1. The van der Waals surface area contributed by atoms with Crippen LogP contribution in [-0.2, 0) is 0 Å². The average molecular weight is 287 g/mol. The smallest absolute Gasteiger partial charge is 0.251 e. The molecule has 3 nitrogen and oxygen atoms in total. The van der Waals surface area contributed by atoms with E-state index in [0.29, 0.717) is 12.2 Å². The summed E-state index contributed by atoms with van der Waals surface area (Å²) in [6, 6.07) is 12.9. The lowest BCUT2D eigenvalue weighted by atomic mass is 10.1. The van der Waals surface area contributed by atoms with Gasteiger partial charge in [0.15, 0.2) is 0 Å². The highest BCUT2D eigenvalue weighted by Gasteiger charge is 2.11. The molecule has 2 rings (SSSR count). The molecule has 1 atom stereocenters. The molecule has 0 spiro atoms. The maximum Gasteiger partial charge on any atom is 0.251 e. The number of hydrogen-bond acceptors (Lipinski definition) is 2. The summed E-state index contributed by atoms with van der Waals surface area (Å²) in [4.78, 5) is 12.1. The van der Waals surface area contributed by atoms with Gasteiger partial charge < -0.3 is 10.1 Å². The fourth-order valence-electron chi connectivity index (χ4n) is 1.98. The number of nitrogens with one attached hydrogen (secondary N) is 1. The van der Waals surface area contributed by atoms with Gasteiger partial charge in [-0.3, -0.25) is 4.79 Å². The van der Waals surface area contributed by atoms with Crippen molar-refractivity contribution >= 4 is 5.91 Å². The highest BCUT2D eigenvalue weighted by atomic mass is 19.1. The summed E-state index contributed by atoms with van der Waals surface area (Å²) in [5.41, 5.74) is 1.42. The van der Waals surface area contributed by atoms with Crippen LogP contribution in [-0.4, -0.2) is 12.5 Å². The standard InChI is InChI=1S/C17H18FNO2/c1-3-21-16-10-6-13(7-11-16)12(2)19-17(20)14-4-8-15(18)9-5-14/h4-12H,3H2,1-2H3,(H,19,20)/t12-/m0/s1. The van der Waals surface area contributed by atoms with Crippen LogP contribution >= 0.6 is 0 Å².